The van der Waals surface area contributed by atoms with Crippen LogP contribution in [-0.2, 0) is 6.42 Å². The summed E-state index contributed by atoms with van der Waals surface area (Å²) in [4.78, 5) is 0. The fraction of sp³-hybridized carbons (Fsp3) is 0.333. The summed E-state index contributed by atoms with van der Waals surface area (Å²) in [6.07, 6.45) is 1.88. The molecule has 12 heavy (non-hydrogen) atoms. The van der Waals surface area contributed by atoms with Gasteiger partial charge in [0, 0.05) is 6.04 Å². The highest BCUT2D eigenvalue weighted by Crippen LogP contribution is 2.37. The van der Waals surface area contributed by atoms with Gasteiger partial charge >= 0.3 is 0 Å². The third-order valence-corrected chi connectivity index (χ3v) is 3.25. The first-order chi connectivity index (χ1) is 5.70. The van der Waals surface area contributed by atoms with Crippen LogP contribution in [0.15, 0.2) is 12.1 Å². The molecule has 0 heterocycles. The molecular weight excluding hydrogens is 265 g/mol. The number of phenols is 1. The predicted octanol–water partition coefficient (Wildman–Crippen LogP) is 1.94. The molecule has 1 aliphatic rings. The second-order valence-corrected chi connectivity index (χ2v) is 4.27. The lowest BCUT2D eigenvalue weighted by molar-refractivity contribution is 0.465. The van der Waals surface area contributed by atoms with Crippen LogP contribution in [0.5, 0.6) is 5.75 Å². The molecule has 1 aliphatic carbocycles. The Kier molecular flexibility index (Phi) is 2.00. The molecule has 0 saturated heterocycles. The molecule has 0 aromatic heterocycles. The third-order valence-electron chi connectivity index (χ3n) is 2.37. The molecule has 2 nitrogen and oxygen atoms in total. The molecule has 0 fully saturated rings. The zero-order valence-electron chi connectivity index (χ0n) is 6.55. The maximum Gasteiger partial charge on any atom is 0.132 e. The molecule has 3 N–H and O–H groups in total. The number of phenolic OH excluding ortho intramolecular Hbond substituents is 1. The number of rotatable bonds is 0. The zero-order valence-corrected chi connectivity index (χ0v) is 8.71. The van der Waals surface area contributed by atoms with Crippen molar-refractivity contribution in [1.29, 1.82) is 0 Å². The average Bonchev–Trinajstić information content (AvgIpc) is 2.41. The Balaban J connectivity index is 2.60. The Bertz CT molecular complexity index is 325. The van der Waals surface area contributed by atoms with E-state index >= 15 is 0 Å². The molecule has 0 saturated carbocycles. The van der Waals surface area contributed by atoms with Crippen molar-refractivity contribution >= 4 is 22.6 Å². The summed E-state index contributed by atoms with van der Waals surface area (Å²) in [5.41, 5.74) is 8.02. The van der Waals surface area contributed by atoms with Crippen molar-refractivity contribution in [1.82, 2.24) is 0 Å². The second-order valence-electron chi connectivity index (χ2n) is 3.11. The minimum Gasteiger partial charge on any atom is -0.507 e. The van der Waals surface area contributed by atoms with Crippen molar-refractivity contribution in [3.8, 4) is 5.75 Å². The molecule has 1 atom stereocenters. The standard InChI is InChI=1S/C9H10INO/c10-7-3-1-5-6(9(7)12)2-4-8(5)11/h1,3,8,12H,2,4,11H2. The number of halogens is 1. The van der Waals surface area contributed by atoms with E-state index in [4.69, 9.17) is 5.73 Å². The minimum atomic E-state index is 0.128. The fourth-order valence-electron chi connectivity index (χ4n) is 1.69. The van der Waals surface area contributed by atoms with E-state index in [1.807, 2.05) is 12.1 Å². The quantitative estimate of drug-likeness (QED) is 0.711. The molecule has 3 heteroatoms. The number of hydrogen-bond donors (Lipinski definition) is 2. The zero-order chi connectivity index (χ0) is 8.72. The Morgan fingerprint density at radius 2 is 2.25 bits per heavy atom. The van der Waals surface area contributed by atoms with E-state index in [-0.39, 0.29) is 6.04 Å². The van der Waals surface area contributed by atoms with Gasteiger partial charge in [-0.25, -0.2) is 0 Å². The number of hydrogen-bond acceptors (Lipinski definition) is 2. The van der Waals surface area contributed by atoms with Crippen LogP contribution in [0.25, 0.3) is 0 Å². The normalized spacial score (nSPS) is 21.0. The maximum absolute atomic E-state index is 9.67. The monoisotopic (exact) mass is 275 g/mol. The maximum atomic E-state index is 9.67. The van der Waals surface area contributed by atoms with Gasteiger partial charge < -0.3 is 10.8 Å². The van der Waals surface area contributed by atoms with Crippen LogP contribution < -0.4 is 5.73 Å². The van der Waals surface area contributed by atoms with Crippen LogP contribution in [0.4, 0.5) is 0 Å². The van der Waals surface area contributed by atoms with Crippen LogP contribution in [0, 0.1) is 3.57 Å². The van der Waals surface area contributed by atoms with Gasteiger partial charge in [0.1, 0.15) is 5.75 Å². The van der Waals surface area contributed by atoms with Crippen LogP contribution >= 0.6 is 22.6 Å². The number of nitrogens with two attached hydrogens (primary N) is 1. The molecule has 0 amide bonds. The first kappa shape index (κ1) is 8.31. The van der Waals surface area contributed by atoms with Gasteiger partial charge in [-0.2, -0.15) is 0 Å². The van der Waals surface area contributed by atoms with Crippen molar-refractivity contribution in [2.24, 2.45) is 5.73 Å². The van der Waals surface area contributed by atoms with E-state index in [1.165, 1.54) is 0 Å². The lowest BCUT2D eigenvalue weighted by Crippen LogP contribution is -2.04. The first-order valence-corrected chi connectivity index (χ1v) is 5.04. The molecule has 0 radical (unpaired) electrons. The molecular formula is C9H10INO. The van der Waals surface area contributed by atoms with E-state index in [0.29, 0.717) is 5.75 Å². The summed E-state index contributed by atoms with van der Waals surface area (Å²) in [6.45, 7) is 0. The molecule has 0 aliphatic heterocycles. The lowest BCUT2D eigenvalue weighted by atomic mass is 10.1. The largest absolute Gasteiger partial charge is 0.507 e. The lowest BCUT2D eigenvalue weighted by Gasteiger charge is -2.06. The molecule has 1 aromatic rings. The fourth-order valence-corrected chi connectivity index (χ4v) is 2.19. The number of aromatic hydroxyl groups is 1. The highest BCUT2D eigenvalue weighted by atomic mass is 127. The highest BCUT2D eigenvalue weighted by Gasteiger charge is 2.22. The van der Waals surface area contributed by atoms with Crippen LogP contribution in [0.1, 0.15) is 23.6 Å². The van der Waals surface area contributed by atoms with Gasteiger partial charge in [-0.15, -0.1) is 0 Å². The predicted molar refractivity (Wildman–Crippen MR) is 56.1 cm³/mol. The SMILES string of the molecule is NC1CCc2c1ccc(I)c2O. The van der Waals surface area contributed by atoms with E-state index in [1.54, 1.807) is 0 Å². The topological polar surface area (TPSA) is 46.2 Å². The van der Waals surface area contributed by atoms with Gasteiger partial charge in [-0.1, -0.05) is 6.07 Å². The average molecular weight is 275 g/mol. The van der Waals surface area contributed by atoms with Gasteiger partial charge in [0.25, 0.3) is 0 Å². The summed E-state index contributed by atoms with van der Waals surface area (Å²) in [6, 6.07) is 4.07. The summed E-state index contributed by atoms with van der Waals surface area (Å²) in [5, 5.41) is 9.67. The van der Waals surface area contributed by atoms with Crippen molar-refractivity contribution in [2.75, 3.05) is 0 Å². The van der Waals surface area contributed by atoms with Gasteiger partial charge in [-0.3, -0.25) is 0 Å². The Morgan fingerprint density at radius 1 is 1.50 bits per heavy atom. The molecule has 1 unspecified atom stereocenters. The van der Waals surface area contributed by atoms with Gasteiger partial charge in [0.2, 0.25) is 0 Å². The van der Waals surface area contributed by atoms with Crippen molar-refractivity contribution in [3.05, 3.63) is 26.8 Å². The molecule has 0 spiro atoms. The van der Waals surface area contributed by atoms with E-state index in [0.717, 1.165) is 27.5 Å². The third kappa shape index (κ3) is 1.11. The minimum absolute atomic E-state index is 0.128. The molecule has 0 bridgehead atoms. The van der Waals surface area contributed by atoms with Gasteiger partial charge in [-0.05, 0) is 52.6 Å². The number of fused-ring (bicyclic) bond motifs is 1. The Labute approximate surface area is 84.9 Å². The summed E-state index contributed by atoms with van der Waals surface area (Å²) in [5.74, 6) is 0.432. The highest BCUT2D eigenvalue weighted by molar-refractivity contribution is 14.1. The molecule has 64 valence electrons. The summed E-state index contributed by atoms with van der Waals surface area (Å²) >= 11 is 2.13. The first-order valence-electron chi connectivity index (χ1n) is 3.96. The summed E-state index contributed by atoms with van der Waals surface area (Å²) in [7, 11) is 0. The smallest absolute Gasteiger partial charge is 0.132 e. The van der Waals surface area contributed by atoms with Crippen LogP contribution in [0.2, 0.25) is 0 Å². The molecule has 1 aromatic carbocycles. The Morgan fingerprint density at radius 3 is 3.00 bits per heavy atom. The van der Waals surface area contributed by atoms with Crippen molar-refractivity contribution in [3.63, 3.8) is 0 Å². The van der Waals surface area contributed by atoms with Crippen molar-refractivity contribution < 1.29 is 5.11 Å². The van der Waals surface area contributed by atoms with E-state index in [2.05, 4.69) is 22.6 Å². The van der Waals surface area contributed by atoms with Crippen LogP contribution in [0.3, 0.4) is 0 Å². The van der Waals surface area contributed by atoms with Crippen molar-refractivity contribution in [2.45, 2.75) is 18.9 Å². The Hall–Kier alpha value is -0.290. The van der Waals surface area contributed by atoms with E-state index in [9.17, 15) is 5.11 Å². The van der Waals surface area contributed by atoms with E-state index < -0.39 is 0 Å². The number of benzene rings is 1. The van der Waals surface area contributed by atoms with Crippen LogP contribution in [-0.4, -0.2) is 5.11 Å². The van der Waals surface area contributed by atoms with Gasteiger partial charge in [0.15, 0.2) is 0 Å². The second kappa shape index (κ2) is 2.88. The molecule has 2 rings (SSSR count). The van der Waals surface area contributed by atoms with Gasteiger partial charge in [0.05, 0.1) is 3.57 Å². The summed E-state index contributed by atoms with van der Waals surface area (Å²) < 4.78 is 0.917.